The van der Waals surface area contributed by atoms with Crippen molar-refractivity contribution in [3.63, 3.8) is 0 Å². The maximum absolute atomic E-state index is 12.4. The Labute approximate surface area is 233 Å². The number of hydrogen-bond acceptors (Lipinski definition) is 8. The molecule has 0 saturated carbocycles. The quantitative estimate of drug-likeness (QED) is 0.191. The van der Waals surface area contributed by atoms with E-state index in [1.807, 2.05) is 74.5 Å². The molecule has 2 rings (SSSR count). The van der Waals surface area contributed by atoms with Crippen molar-refractivity contribution in [1.82, 2.24) is 10.6 Å². The van der Waals surface area contributed by atoms with E-state index in [1.165, 1.54) is 14.2 Å². The fourth-order valence-corrected chi connectivity index (χ4v) is 11.3. The molecule has 0 heterocycles. The fraction of sp³-hybridized carbons (Fsp3) is 0.385. The molecule has 10 nitrogen and oxygen atoms in total. The first-order valence-electron chi connectivity index (χ1n) is 11.7. The van der Waals surface area contributed by atoms with Crippen LogP contribution >= 0.6 is 0 Å². The van der Waals surface area contributed by atoms with Crippen LogP contribution in [0.15, 0.2) is 60.7 Å². The van der Waals surface area contributed by atoms with Crippen molar-refractivity contribution in [2.24, 2.45) is 0 Å². The van der Waals surface area contributed by atoms with Crippen molar-refractivity contribution in [2.45, 2.75) is 48.8 Å². The average Bonchev–Trinajstić information content (AvgIpc) is 2.95. The van der Waals surface area contributed by atoms with Crippen LogP contribution in [0.3, 0.4) is 0 Å². The Balaban J connectivity index is 1.92. The van der Waals surface area contributed by atoms with E-state index in [2.05, 4.69) is 10.6 Å². The molecule has 2 aromatic rings. The van der Waals surface area contributed by atoms with Gasteiger partial charge in [0.05, 0.1) is 0 Å². The molecule has 38 heavy (non-hydrogen) atoms. The topological polar surface area (TPSA) is 129 Å². The van der Waals surface area contributed by atoms with E-state index in [0.29, 0.717) is 0 Å². The summed E-state index contributed by atoms with van der Waals surface area (Å²) >= 11 is -0.361. The third-order valence-corrected chi connectivity index (χ3v) is 15.7. The molecular formula is C26H32N2O8Se2. The first-order valence-corrected chi connectivity index (χ1v) is 18.0. The van der Waals surface area contributed by atoms with Gasteiger partial charge in [0, 0.05) is 0 Å². The Hall–Kier alpha value is -3.04. The molecule has 4 atom stereocenters. The monoisotopic (exact) mass is 660 g/mol. The number of esters is 2. The van der Waals surface area contributed by atoms with Crippen LogP contribution in [0.5, 0.6) is 0 Å². The molecule has 2 N–H and O–H groups in total. The number of hydrogen-bond donors (Lipinski definition) is 2. The Morgan fingerprint density at radius 3 is 1.32 bits per heavy atom. The summed E-state index contributed by atoms with van der Waals surface area (Å²) in [4.78, 5) is 49.0. The van der Waals surface area contributed by atoms with Gasteiger partial charge in [0.15, 0.2) is 0 Å². The number of alkyl carbamates (subject to hydrolysis) is 2. The van der Waals surface area contributed by atoms with E-state index in [4.69, 9.17) is 18.9 Å². The molecule has 0 aromatic heterocycles. The van der Waals surface area contributed by atoms with Crippen molar-refractivity contribution in [3.8, 4) is 0 Å². The number of carbonyl (C=O) groups is 4. The molecule has 12 heteroatoms. The van der Waals surface area contributed by atoms with Crippen LogP contribution < -0.4 is 10.6 Å². The van der Waals surface area contributed by atoms with Gasteiger partial charge in [-0.2, -0.15) is 0 Å². The maximum atomic E-state index is 12.4. The molecular weight excluding hydrogens is 626 g/mol. The van der Waals surface area contributed by atoms with E-state index in [0.717, 1.165) is 11.1 Å². The van der Waals surface area contributed by atoms with Gasteiger partial charge < -0.3 is 0 Å². The standard InChI is InChI=1S/C26H32N2O8Se2/c1-17(21(23(29)33-3)27-25(31)35-15-19-11-7-5-8-12-19)37-38-18(2)22(24(30)34-4)28-26(32)36-16-20-13-9-6-10-14-20/h5-14,17-18,21-22H,15-16H2,1-4H3,(H,27,31)(H,28,32)/t17-,18-,21-,22-/m0/s1. The molecule has 0 bridgehead atoms. The molecule has 0 radical (unpaired) electrons. The summed E-state index contributed by atoms with van der Waals surface area (Å²) < 4.78 is 20.3. The summed E-state index contributed by atoms with van der Waals surface area (Å²) in [6.45, 7) is 3.77. The SMILES string of the molecule is COC(=O)[C@@H](NC(=O)OCc1ccccc1)[C@H](C)[Se][Se][C@@H](C)[C@H](NC(=O)OCc1ccccc1)C(=O)OC. The summed E-state index contributed by atoms with van der Waals surface area (Å²) in [5, 5.41) is 5.20. The van der Waals surface area contributed by atoms with E-state index in [9.17, 15) is 19.2 Å². The number of ether oxygens (including phenoxy) is 4. The number of carbonyl (C=O) groups excluding carboxylic acids is 4. The Bertz CT molecular complexity index is 959. The van der Waals surface area contributed by atoms with E-state index in [-0.39, 0.29) is 49.1 Å². The van der Waals surface area contributed by atoms with E-state index < -0.39 is 36.2 Å². The summed E-state index contributed by atoms with van der Waals surface area (Å²) in [5.41, 5.74) is 1.63. The third kappa shape index (κ3) is 10.8. The van der Waals surface area contributed by atoms with Gasteiger partial charge in [-0.05, 0) is 0 Å². The second-order valence-electron chi connectivity index (χ2n) is 8.02. The molecule has 0 fully saturated rings. The fourth-order valence-electron chi connectivity index (χ4n) is 3.06. The normalized spacial score (nSPS) is 13.7. The predicted octanol–water partition coefficient (Wildman–Crippen LogP) is 2.86. The molecule has 0 saturated heterocycles. The Morgan fingerprint density at radius 1 is 0.658 bits per heavy atom. The second-order valence-corrected chi connectivity index (χ2v) is 16.1. The number of methoxy groups -OCH3 is 2. The minimum absolute atomic E-state index is 0.0634. The predicted molar refractivity (Wildman–Crippen MR) is 141 cm³/mol. The summed E-state index contributed by atoms with van der Waals surface area (Å²) in [5.74, 6) is -1.18. The van der Waals surface area contributed by atoms with E-state index in [1.54, 1.807) is 0 Å². The van der Waals surface area contributed by atoms with Crippen LogP contribution in [0.2, 0.25) is 9.63 Å². The van der Waals surface area contributed by atoms with Gasteiger partial charge in [0.2, 0.25) is 0 Å². The molecule has 0 aliphatic rings. The molecule has 0 aliphatic heterocycles. The third-order valence-electron chi connectivity index (χ3n) is 5.18. The first kappa shape index (κ1) is 31.2. The van der Waals surface area contributed by atoms with Gasteiger partial charge in [0.1, 0.15) is 0 Å². The van der Waals surface area contributed by atoms with Crippen LogP contribution in [0.25, 0.3) is 0 Å². The van der Waals surface area contributed by atoms with Crippen molar-refractivity contribution < 1.29 is 38.1 Å². The molecule has 0 spiro atoms. The zero-order valence-corrected chi connectivity index (χ0v) is 25.0. The summed E-state index contributed by atoms with van der Waals surface area (Å²) in [6.07, 6.45) is -1.47. The van der Waals surface area contributed by atoms with Crippen molar-refractivity contribution >= 4 is 50.4 Å². The molecule has 2 aromatic carbocycles. The summed E-state index contributed by atoms with van der Waals surface area (Å²) in [6, 6.07) is 16.5. The van der Waals surface area contributed by atoms with E-state index >= 15 is 0 Å². The zero-order chi connectivity index (χ0) is 27.9. The van der Waals surface area contributed by atoms with Crippen LogP contribution in [0.1, 0.15) is 25.0 Å². The van der Waals surface area contributed by atoms with Gasteiger partial charge in [0.25, 0.3) is 0 Å². The Morgan fingerprint density at radius 2 is 1.00 bits per heavy atom. The van der Waals surface area contributed by atoms with Crippen LogP contribution in [0, 0.1) is 0 Å². The van der Waals surface area contributed by atoms with Crippen molar-refractivity contribution in [3.05, 3.63) is 71.8 Å². The van der Waals surface area contributed by atoms with Gasteiger partial charge in [-0.15, -0.1) is 0 Å². The van der Waals surface area contributed by atoms with Gasteiger partial charge >= 0.3 is 234 Å². The van der Waals surface area contributed by atoms with Crippen LogP contribution in [-0.4, -0.2) is 76.7 Å². The minimum atomic E-state index is -0.919. The molecule has 0 aliphatic carbocycles. The van der Waals surface area contributed by atoms with Crippen molar-refractivity contribution in [1.29, 1.82) is 0 Å². The van der Waals surface area contributed by atoms with Gasteiger partial charge in [-0.3, -0.25) is 0 Å². The number of amides is 2. The number of nitrogens with one attached hydrogen (secondary N) is 2. The Kier molecular flexibility index (Phi) is 13.7. The molecule has 2 amide bonds. The number of rotatable bonds is 13. The average molecular weight is 658 g/mol. The van der Waals surface area contributed by atoms with Crippen LogP contribution in [0.4, 0.5) is 9.59 Å². The second kappa shape index (κ2) is 16.7. The molecule has 0 unspecified atom stereocenters. The zero-order valence-electron chi connectivity index (χ0n) is 21.6. The van der Waals surface area contributed by atoms with Crippen LogP contribution in [-0.2, 0) is 41.8 Å². The number of benzene rings is 2. The van der Waals surface area contributed by atoms with Gasteiger partial charge in [-0.25, -0.2) is 0 Å². The molecule has 206 valence electrons. The first-order chi connectivity index (χ1) is 18.2. The summed E-state index contributed by atoms with van der Waals surface area (Å²) in [7, 11) is 2.50. The van der Waals surface area contributed by atoms with Gasteiger partial charge in [-0.1, -0.05) is 0 Å². The van der Waals surface area contributed by atoms with Crippen molar-refractivity contribution in [2.75, 3.05) is 14.2 Å².